The Balaban J connectivity index is 1.45. The van der Waals surface area contributed by atoms with E-state index < -0.39 is 0 Å². The second-order valence-electron chi connectivity index (χ2n) is 6.84. The Morgan fingerprint density at radius 1 is 1.11 bits per heavy atom. The highest BCUT2D eigenvalue weighted by Gasteiger charge is 2.30. The fraction of sp³-hybridized carbons (Fsp3) is 0.381. The third kappa shape index (κ3) is 3.71. The largest absolute Gasteiger partial charge is 0.486 e. The molecule has 0 radical (unpaired) electrons. The highest BCUT2D eigenvalue weighted by molar-refractivity contribution is 5.75. The number of amides is 2. The molecule has 0 unspecified atom stereocenters. The zero-order valence-corrected chi connectivity index (χ0v) is 15.2. The molecule has 0 aromatic heterocycles. The maximum absolute atomic E-state index is 12.8. The molecule has 2 amide bonds. The van der Waals surface area contributed by atoms with Gasteiger partial charge < -0.3 is 24.8 Å². The van der Waals surface area contributed by atoms with E-state index in [1.807, 2.05) is 47.4 Å². The van der Waals surface area contributed by atoms with Gasteiger partial charge in [0, 0.05) is 13.1 Å². The van der Waals surface area contributed by atoms with E-state index in [2.05, 4.69) is 5.32 Å². The third-order valence-electron chi connectivity index (χ3n) is 5.18. The van der Waals surface area contributed by atoms with Crippen molar-refractivity contribution in [1.29, 1.82) is 0 Å². The lowest BCUT2D eigenvalue weighted by molar-refractivity contribution is 0.170. The second-order valence-corrected chi connectivity index (χ2v) is 6.84. The van der Waals surface area contributed by atoms with Crippen molar-refractivity contribution in [3.05, 3.63) is 59.2 Å². The monoisotopic (exact) mass is 368 g/mol. The summed E-state index contributed by atoms with van der Waals surface area (Å²) < 4.78 is 11.3. The summed E-state index contributed by atoms with van der Waals surface area (Å²) in [6.07, 6.45) is 1.90. The minimum atomic E-state index is -0.0832. The summed E-state index contributed by atoms with van der Waals surface area (Å²) in [5, 5.41) is 12.4. The summed E-state index contributed by atoms with van der Waals surface area (Å²) in [5.74, 6) is 1.52. The minimum Gasteiger partial charge on any atom is -0.486 e. The van der Waals surface area contributed by atoms with Crippen LogP contribution < -0.4 is 14.8 Å². The van der Waals surface area contributed by atoms with E-state index in [1.165, 1.54) is 0 Å². The third-order valence-corrected chi connectivity index (χ3v) is 5.18. The maximum Gasteiger partial charge on any atom is 0.318 e. The van der Waals surface area contributed by atoms with Crippen LogP contribution in [0, 0.1) is 0 Å². The molecule has 2 aromatic rings. The van der Waals surface area contributed by atoms with Gasteiger partial charge in [-0.05, 0) is 41.7 Å². The molecule has 1 saturated heterocycles. The number of nitrogens with zero attached hydrogens (tertiary/aromatic N) is 1. The van der Waals surface area contributed by atoms with Crippen LogP contribution in [0.1, 0.15) is 35.6 Å². The van der Waals surface area contributed by atoms with Crippen LogP contribution in [-0.2, 0) is 13.2 Å². The van der Waals surface area contributed by atoms with E-state index >= 15 is 0 Å². The number of hydrogen-bond donors (Lipinski definition) is 2. The Labute approximate surface area is 158 Å². The van der Waals surface area contributed by atoms with Gasteiger partial charge >= 0.3 is 6.03 Å². The zero-order chi connectivity index (χ0) is 18.6. The van der Waals surface area contributed by atoms with Gasteiger partial charge in [-0.2, -0.15) is 0 Å². The molecule has 0 bridgehead atoms. The summed E-state index contributed by atoms with van der Waals surface area (Å²) >= 11 is 0. The maximum atomic E-state index is 12.8. The molecule has 27 heavy (non-hydrogen) atoms. The predicted octanol–water partition coefficient (Wildman–Crippen LogP) is 3.00. The molecule has 0 spiro atoms. The van der Waals surface area contributed by atoms with Gasteiger partial charge in [-0.1, -0.05) is 30.3 Å². The Hall–Kier alpha value is -2.73. The van der Waals surface area contributed by atoms with Gasteiger partial charge in [0.25, 0.3) is 0 Å². The second kappa shape index (κ2) is 7.88. The number of ether oxygens (including phenoxy) is 2. The van der Waals surface area contributed by atoms with Crippen LogP contribution in [0.25, 0.3) is 0 Å². The quantitative estimate of drug-likeness (QED) is 0.870. The highest BCUT2D eigenvalue weighted by atomic mass is 16.6. The van der Waals surface area contributed by atoms with E-state index in [4.69, 9.17) is 9.47 Å². The van der Waals surface area contributed by atoms with Gasteiger partial charge in [0.1, 0.15) is 13.2 Å². The number of hydrogen-bond acceptors (Lipinski definition) is 4. The summed E-state index contributed by atoms with van der Waals surface area (Å²) in [5.41, 5.74) is 2.84. The van der Waals surface area contributed by atoms with E-state index in [-0.39, 0.29) is 18.7 Å². The van der Waals surface area contributed by atoms with Gasteiger partial charge in [-0.3, -0.25) is 0 Å². The van der Waals surface area contributed by atoms with Crippen molar-refractivity contribution in [1.82, 2.24) is 10.2 Å². The minimum absolute atomic E-state index is 0.0322. The van der Waals surface area contributed by atoms with Crippen LogP contribution in [-0.4, -0.2) is 35.8 Å². The predicted molar refractivity (Wildman–Crippen MR) is 101 cm³/mol. The molecule has 1 fully saturated rings. The van der Waals surface area contributed by atoms with E-state index in [0.29, 0.717) is 19.8 Å². The molecule has 1 atom stereocenters. The van der Waals surface area contributed by atoms with Crippen molar-refractivity contribution < 1.29 is 19.4 Å². The SMILES string of the molecule is O=C(NCc1ccccc1CO)N1CCC[C@H]1c1ccc2c(c1)OCCO2. The first-order valence-electron chi connectivity index (χ1n) is 9.38. The molecule has 6 heteroatoms. The average Bonchev–Trinajstić information content (AvgIpc) is 3.22. The van der Waals surface area contributed by atoms with Gasteiger partial charge in [-0.25, -0.2) is 4.79 Å². The molecule has 4 rings (SSSR count). The van der Waals surface area contributed by atoms with Crippen molar-refractivity contribution in [2.45, 2.75) is 32.0 Å². The number of aliphatic hydroxyl groups excluding tert-OH is 1. The molecule has 2 aromatic carbocycles. The average molecular weight is 368 g/mol. The number of carbonyl (C=O) groups is 1. The number of urea groups is 1. The molecule has 0 aliphatic carbocycles. The molecule has 2 aliphatic rings. The summed E-state index contributed by atoms with van der Waals surface area (Å²) in [6, 6.07) is 13.5. The van der Waals surface area contributed by atoms with Crippen molar-refractivity contribution in [3.63, 3.8) is 0 Å². The fourth-order valence-corrected chi connectivity index (χ4v) is 3.78. The molecule has 0 saturated carbocycles. The number of aliphatic hydroxyl groups is 1. The normalized spacial score (nSPS) is 18.4. The first kappa shape index (κ1) is 17.7. The Bertz CT molecular complexity index is 824. The molecular formula is C21H24N2O4. The van der Waals surface area contributed by atoms with E-state index in [9.17, 15) is 9.90 Å². The van der Waals surface area contributed by atoms with Crippen molar-refractivity contribution in [3.8, 4) is 11.5 Å². The van der Waals surface area contributed by atoms with Crippen LogP contribution in [0.15, 0.2) is 42.5 Å². The summed E-state index contributed by atoms with van der Waals surface area (Å²) in [7, 11) is 0. The number of fused-ring (bicyclic) bond motifs is 1. The molecule has 142 valence electrons. The number of carbonyl (C=O) groups excluding carboxylic acids is 1. The fourth-order valence-electron chi connectivity index (χ4n) is 3.78. The number of benzene rings is 2. The first-order chi connectivity index (χ1) is 13.3. The molecule has 2 N–H and O–H groups in total. The topological polar surface area (TPSA) is 71.0 Å². The molecule has 6 nitrogen and oxygen atoms in total. The number of nitrogens with one attached hydrogen (secondary N) is 1. The van der Waals surface area contributed by atoms with Crippen LogP contribution in [0.5, 0.6) is 11.5 Å². The summed E-state index contributed by atoms with van der Waals surface area (Å²) in [6.45, 7) is 2.22. The lowest BCUT2D eigenvalue weighted by Crippen LogP contribution is -2.39. The molecule has 2 heterocycles. The van der Waals surface area contributed by atoms with Crippen LogP contribution >= 0.6 is 0 Å². The Kier molecular flexibility index (Phi) is 5.16. The van der Waals surface area contributed by atoms with Gasteiger partial charge in [0.2, 0.25) is 0 Å². The zero-order valence-electron chi connectivity index (χ0n) is 15.2. The first-order valence-corrected chi connectivity index (χ1v) is 9.38. The van der Waals surface area contributed by atoms with Gasteiger partial charge in [0.05, 0.1) is 12.6 Å². The van der Waals surface area contributed by atoms with Gasteiger partial charge in [0.15, 0.2) is 11.5 Å². The van der Waals surface area contributed by atoms with E-state index in [0.717, 1.165) is 47.6 Å². The number of rotatable bonds is 4. The summed E-state index contributed by atoms with van der Waals surface area (Å²) in [4.78, 5) is 14.7. The van der Waals surface area contributed by atoms with Crippen LogP contribution in [0.4, 0.5) is 4.79 Å². The van der Waals surface area contributed by atoms with Gasteiger partial charge in [-0.15, -0.1) is 0 Å². The standard InChI is InChI=1S/C21H24N2O4/c24-14-17-5-2-1-4-16(17)13-22-21(25)23-9-3-6-18(23)15-7-8-19-20(12-15)27-11-10-26-19/h1-2,4-5,7-8,12,18,24H,3,6,9-11,13-14H2,(H,22,25)/t18-/m0/s1. The smallest absolute Gasteiger partial charge is 0.318 e. The Morgan fingerprint density at radius 2 is 1.89 bits per heavy atom. The Morgan fingerprint density at radius 3 is 2.70 bits per heavy atom. The van der Waals surface area contributed by atoms with Crippen molar-refractivity contribution >= 4 is 6.03 Å². The number of likely N-dealkylation sites (tertiary alicyclic amines) is 1. The van der Waals surface area contributed by atoms with Crippen LogP contribution in [0.3, 0.4) is 0 Å². The van der Waals surface area contributed by atoms with Crippen molar-refractivity contribution in [2.24, 2.45) is 0 Å². The van der Waals surface area contributed by atoms with Crippen LogP contribution in [0.2, 0.25) is 0 Å². The lowest BCUT2D eigenvalue weighted by Gasteiger charge is -2.27. The highest BCUT2D eigenvalue weighted by Crippen LogP contribution is 2.38. The molecular weight excluding hydrogens is 344 g/mol. The molecule has 2 aliphatic heterocycles. The van der Waals surface area contributed by atoms with E-state index in [1.54, 1.807) is 0 Å². The lowest BCUT2D eigenvalue weighted by atomic mass is 10.0. The van der Waals surface area contributed by atoms with Crippen molar-refractivity contribution in [2.75, 3.05) is 19.8 Å².